The third-order valence-corrected chi connectivity index (χ3v) is 5.63. The van der Waals surface area contributed by atoms with Crippen molar-refractivity contribution in [1.82, 2.24) is 9.88 Å². The molecule has 4 rings (SSSR count). The van der Waals surface area contributed by atoms with E-state index in [1.807, 2.05) is 18.2 Å². The van der Waals surface area contributed by atoms with Gasteiger partial charge in [0.15, 0.2) is 16.7 Å². The number of nitrogens with zero attached hydrogens (tertiary/aromatic N) is 2. The number of hydrogen-bond donors (Lipinski definition) is 1. The van der Waals surface area contributed by atoms with Gasteiger partial charge >= 0.3 is 0 Å². The Hall–Kier alpha value is -2.71. The maximum Gasteiger partial charge on any atom is 0.274 e. The van der Waals surface area contributed by atoms with E-state index in [1.54, 1.807) is 17.0 Å². The highest BCUT2D eigenvalue weighted by molar-refractivity contribution is 7.86. The van der Waals surface area contributed by atoms with Crippen molar-refractivity contribution in [2.75, 3.05) is 17.8 Å². The van der Waals surface area contributed by atoms with Gasteiger partial charge in [-0.05, 0) is 12.1 Å². The molecule has 1 amide bonds. The van der Waals surface area contributed by atoms with Gasteiger partial charge in [0.1, 0.15) is 11.4 Å². The molecule has 1 unspecified atom stereocenters. The van der Waals surface area contributed by atoms with E-state index in [0.29, 0.717) is 36.5 Å². The molecule has 0 bridgehead atoms. The van der Waals surface area contributed by atoms with Crippen LogP contribution >= 0.6 is 11.6 Å². The summed E-state index contributed by atoms with van der Waals surface area (Å²) >= 11 is 6.03. The van der Waals surface area contributed by atoms with Crippen LogP contribution in [0, 0.1) is 0 Å². The van der Waals surface area contributed by atoms with Crippen molar-refractivity contribution in [2.45, 2.75) is 17.9 Å². The van der Waals surface area contributed by atoms with Gasteiger partial charge in [0.25, 0.3) is 5.91 Å². The second kappa shape index (κ2) is 7.73. The summed E-state index contributed by atoms with van der Waals surface area (Å²) < 4.78 is 21.1. The van der Waals surface area contributed by atoms with Gasteiger partial charge in [0.2, 0.25) is 5.09 Å². The molecule has 1 aromatic carbocycles. The summed E-state index contributed by atoms with van der Waals surface area (Å²) in [4.78, 5) is 30.0. The molecule has 0 spiro atoms. The molecule has 1 saturated heterocycles. The summed E-state index contributed by atoms with van der Waals surface area (Å²) in [5.41, 5.74) is 0.961. The number of ketones is 1. The van der Waals surface area contributed by atoms with Crippen LogP contribution in [-0.4, -0.2) is 38.9 Å². The van der Waals surface area contributed by atoms with Crippen LogP contribution in [0.1, 0.15) is 23.3 Å². The third-order valence-electron chi connectivity index (χ3n) is 4.45. The van der Waals surface area contributed by atoms with Gasteiger partial charge < -0.3 is 9.32 Å². The van der Waals surface area contributed by atoms with Gasteiger partial charge in [-0.3, -0.25) is 14.3 Å². The molecule has 0 saturated carbocycles. The predicted molar refractivity (Wildman–Crippen MR) is 106 cm³/mol. The van der Waals surface area contributed by atoms with Crippen molar-refractivity contribution in [3.8, 4) is 0 Å². The number of nitrogens with one attached hydrogen (secondary N) is 1. The maximum absolute atomic E-state index is 12.8. The molecule has 1 atom stereocenters. The van der Waals surface area contributed by atoms with Crippen LogP contribution in [0.15, 0.2) is 52.1 Å². The van der Waals surface area contributed by atoms with Crippen molar-refractivity contribution in [1.29, 1.82) is 0 Å². The van der Waals surface area contributed by atoms with Crippen molar-refractivity contribution in [3.05, 3.63) is 53.3 Å². The maximum atomic E-state index is 12.8. The molecule has 2 aromatic heterocycles. The zero-order valence-corrected chi connectivity index (χ0v) is 16.3. The van der Waals surface area contributed by atoms with E-state index in [2.05, 4.69) is 9.71 Å². The number of fused-ring (bicyclic) bond motifs is 1. The lowest BCUT2D eigenvalue weighted by Crippen LogP contribution is -2.39. The first-order chi connectivity index (χ1) is 13.5. The Morgan fingerprint density at radius 1 is 1.21 bits per heavy atom. The number of benzene rings is 1. The number of hydrogen-bond acceptors (Lipinski definition) is 5. The standard InChI is InChI=1S/C19H16ClN3O4S/c20-13-10-15(18(21-11-13)19(25)23-7-5-14(24)6-8-23)22-28(26)17-9-12-3-1-2-4-16(12)27-17/h1-4,9-11,22H,5-8H2. The fourth-order valence-corrected chi connectivity index (χ4v) is 4.01. The minimum absolute atomic E-state index is 0.100. The third kappa shape index (κ3) is 3.79. The zero-order valence-electron chi connectivity index (χ0n) is 14.7. The number of carbonyl (C=O) groups is 2. The van der Waals surface area contributed by atoms with E-state index in [9.17, 15) is 13.8 Å². The first kappa shape index (κ1) is 18.6. The number of halogens is 1. The molecule has 1 aliphatic heterocycles. The lowest BCUT2D eigenvalue weighted by atomic mass is 10.1. The van der Waals surface area contributed by atoms with Gasteiger partial charge in [0, 0.05) is 43.6 Å². The molecule has 7 nitrogen and oxygen atoms in total. The van der Waals surface area contributed by atoms with E-state index >= 15 is 0 Å². The minimum Gasteiger partial charge on any atom is -0.445 e. The largest absolute Gasteiger partial charge is 0.445 e. The minimum atomic E-state index is -1.75. The second-order valence-corrected chi connectivity index (χ2v) is 7.94. The highest BCUT2D eigenvalue weighted by atomic mass is 35.5. The summed E-state index contributed by atoms with van der Waals surface area (Å²) in [6, 6.07) is 10.5. The monoisotopic (exact) mass is 417 g/mol. The van der Waals surface area contributed by atoms with Gasteiger partial charge in [-0.1, -0.05) is 29.8 Å². The topological polar surface area (TPSA) is 92.5 Å². The molecule has 1 N–H and O–H groups in total. The first-order valence-electron chi connectivity index (χ1n) is 8.65. The fourth-order valence-electron chi connectivity index (χ4n) is 3.00. The number of furan rings is 1. The Bertz CT molecular complexity index is 1050. The SMILES string of the molecule is O=C1CCN(C(=O)c2ncc(Cl)cc2NS(=O)c2cc3ccccc3o2)CC1. The van der Waals surface area contributed by atoms with Crippen LogP contribution in [0.3, 0.4) is 0 Å². The van der Waals surface area contributed by atoms with E-state index < -0.39 is 11.0 Å². The predicted octanol–water partition coefficient (Wildman–Crippen LogP) is 3.42. The van der Waals surface area contributed by atoms with Crippen molar-refractivity contribution < 1.29 is 18.2 Å². The van der Waals surface area contributed by atoms with Gasteiger partial charge in [-0.15, -0.1) is 0 Å². The number of piperidine rings is 1. The number of aromatic nitrogens is 1. The van der Waals surface area contributed by atoms with Gasteiger partial charge in [-0.25, -0.2) is 9.19 Å². The summed E-state index contributed by atoms with van der Waals surface area (Å²) in [7, 11) is -1.75. The number of Topliss-reactive ketones (excluding diaryl/α,β-unsaturated/α-hetero) is 1. The van der Waals surface area contributed by atoms with Crippen molar-refractivity contribution in [2.24, 2.45) is 0 Å². The molecule has 28 heavy (non-hydrogen) atoms. The molecule has 1 fully saturated rings. The van der Waals surface area contributed by atoms with Crippen molar-refractivity contribution >= 4 is 50.9 Å². The average Bonchev–Trinajstić information content (AvgIpc) is 3.13. The summed E-state index contributed by atoms with van der Waals surface area (Å²) in [6.45, 7) is 0.683. The van der Waals surface area contributed by atoms with Crippen LogP contribution in [0.4, 0.5) is 5.69 Å². The fraction of sp³-hybridized carbons (Fsp3) is 0.211. The number of pyridine rings is 1. The summed E-state index contributed by atoms with van der Waals surface area (Å²) in [5.74, 6) is -0.203. The van der Waals surface area contributed by atoms with Crippen LogP contribution in [0.2, 0.25) is 5.02 Å². The Balaban J connectivity index is 1.60. The molecule has 1 aliphatic rings. The van der Waals surface area contributed by atoms with Gasteiger partial charge in [-0.2, -0.15) is 0 Å². The van der Waals surface area contributed by atoms with Crippen LogP contribution in [0.25, 0.3) is 11.0 Å². The average molecular weight is 418 g/mol. The van der Waals surface area contributed by atoms with Crippen molar-refractivity contribution in [3.63, 3.8) is 0 Å². The normalized spacial score (nSPS) is 15.6. The quantitative estimate of drug-likeness (QED) is 0.702. The van der Waals surface area contributed by atoms with E-state index in [1.165, 1.54) is 12.3 Å². The highest BCUT2D eigenvalue weighted by Gasteiger charge is 2.26. The number of carbonyl (C=O) groups excluding carboxylic acids is 2. The number of likely N-dealkylation sites (tertiary alicyclic amines) is 1. The number of para-hydroxylation sites is 1. The molecule has 0 radical (unpaired) electrons. The highest BCUT2D eigenvalue weighted by Crippen LogP contribution is 2.26. The first-order valence-corrected chi connectivity index (χ1v) is 10.2. The zero-order chi connectivity index (χ0) is 19.7. The van der Waals surface area contributed by atoms with Crippen LogP contribution in [0.5, 0.6) is 0 Å². The molecule has 3 heterocycles. The summed E-state index contributed by atoms with van der Waals surface area (Å²) in [6.07, 6.45) is 2.01. The Morgan fingerprint density at radius 2 is 1.96 bits per heavy atom. The second-order valence-electron chi connectivity index (χ2n) is 6.35. The molecule has 0 aliphatic carbocycles. The Labute approximate surface area is 168 Å². The lowest BCUT2D eigenvalue weighted by molar-refractivity contribution is -0.120. The molecule has 144 valence electrons. The Kier molecular flexibility index (Phi) is 5.15. The van der Waals surface area contributed by atoms with Crippen LogP contribution in [-0.2, 0) is 15.8 Å². The number of rotatable bonds is 4. The lowest BCUT2D eigenvalue weighted by Gasteiger charge is -2.26. The van der Waals surface area contributed by atoms with E-state index in [0.717, 1.165) is 5.39 Å². The van der Waals surface area contributed by atoms with Crippen LogP contribution < -0.4 is 4.72 Å². The smallest absolute Gasteiger partial charge is 0.274 e. The van der Waals surface area contributed by atoms with Gasteiger partial charge in [0.05, 0.1) is 10.7 Å². The molecule has 9 heteroatoms. The molecule has 3 aromatic rings. The molecular formula is C19H16ClN3O4S. The number of amides is 1. The Morgan fingerprint density at radius 3 is 2.71 bits per heavy atom. The summed E-state index contributed by atoms with van der Waals surface area (Å²) in [5, 5.41) is 1.35. The molecular weight excluding hydrogens is 402 g/mol. The van der Waals surface area contributed by atoms with E-state index in [-0.39, 0.29) is 28.2 Å². The number of anilines is 1. The van der Waals surface area contributed by atoms with E-state index in [4.69, 9.17) is 16.0 Å².